The van der Waals surface area contributed by atoms with Gasteiger partial charge in [-0.05, 0) is 25.1 Å². The monoisotopic (exact) mass is 304 g/mol. The van der Waals surface area contributed by atoms with Crippen molar-refractivity contribution in [1.82, 2.24) is 5.32 Å². The highest BCUT2D eigenvalue weighted by molar-refractivity contribution is 5.89. The lowest BCUT2D eigenvalue weighted by Crippen LogP contribution is -2.35. The van der Waals surface area contributed by atoms with Crippen LogP contribution in [0.3, 0.4) is 0 Å². The number of carboxylic acid groups (broad SMARTS) is 1. The molecule has 1 aromatic carbocycles. The van der Waals surface area contributed by atoms with Crippen molar-refractivity contribution in [3.05, 3.63) is 29.3 Å². The highest BCUT2D eigenvalue weighted by atomic mass is 19.4. The molecule has 0 saturated carbocycles. The molecule has 8 heteroatoms. The van der Waals surface area contributed by atoms with Crippen molar-refractivity contribution < 1.29 is 27.9 Å². The van der Waals surface area contributed by atoms with Gasteiger partial charge in [0.2, 0.25) is 5.91 Å². The number of hydrogen-bond acceptors (Lipinski definition) is 3. The predicted molar refractivity (Wildman–Crippen MR) is 70.4 cm³/mol. The Morgan fingerprint density at radius 2 is 1.95 bits per heavy atom. The van der Waals surface area contributed by atoms with Gasteiger partial charge in [0.25, 0.3) is 0 Å². The predicted octanol–water partition coefficient (Wildman–Crippen LogP) is 1.98. The number of carbonyl (C=O) groups is 2. The average Bonchev–Trinajstić information content (AvgIpc) is 2.37. The molecule has 0 bridgehead atoms. The van der Waals surface area contributed by atoms with E-state index in [9.17, 15) is 22.8 Å². The molecule has 1 amide bonds. The summed E-state index contributed by atoms with van der Waals surface area (Å²) in [5.41, 5.74) is -1.80. The van der Waals surface area contributed by atoms with Crippen LogP contribution < -0.4 is 10.2 Å². The molecule has 5 nitrogen and oxygen atoms in total. The van der Waals surface area contributed by atoms with E-state index >= 15 is 0 Å². The molecular formula is C13H15F3N2O3. The normalized spacial score (nSPS) is 11.1. The van der Waals surface area contributed by atoms with Crippen molar-refractivity contribution in [2.45, 2.75) is 13.1 Å². The third kappa shape index (κ3) is 4.37. The van der Waals surface area contributed by atoms with Crippen molar-refractivity contribution >= 4 is 17.6 Å². The Hall–Kier alpha value is -2.25. The Kier molecular flexibility index (Phi) is 5.17. The lowest BCUT2D eigenvalue weighted by atomic mass is 10.1. The Bertz CT molecular complexity index is 544. The largest absolute Gasteiger partial charge is 0.478 e. The number of likely N-dealkylation sites (N-methyl/N-ethyl adjacent to an activating group) is 2. The third-order valence-electron chi connectivity index (χ3n) is 2.71. The summed E-state index contributed by atoms with van der Waals surface area (Å²) in [6.07, 6.45) is -4.71. The second kappa shape index (κ2) is 6.47. The van der Waals surface area contributed by atoms with Gasteiger partial charge in [0, 0.05) is 19.3 Å². The van der Waals surface area contributed by atoms with Crippen molar-refractivity contribution in [2.75, 3.05) is 25.0 Å². The van der Waals surface area contributed by atoms with Crippen LogP contribution in [0.4, 0.5) is 18.9 Å². The Balaban J connectivity index is 3.16. The summed E-state index contributed by atoms with van der Waals surface area (Å²) in [6.45, 7) is 1.81. The van der Waals surface area contributed by atoms with Gasteiger partial charge in [0.1, 0.15) is 0 Å². The minimum Gasteiger partial charge on any atom is -0.478 e. The second-order valence-corrected chi connectivity index (χ2v) is 4.34. The standard InChI is InChI=1S/C13H15F3N2O3/c1-3-17-11(19)7-18(2)10-5-4-8(12(20)21)6-9(10)13(14,15)16/h4-6H,3,7H2,1-2H3,(H,17,19)(H,20,21). The molecule has 0 radical (unpaired) electrons. The minimum absolute atomic E-state index is 0.251. The van der Waals surface area contributed by atoms with Crippen LogP contribution in [-0.2, 0) is 11.0 Å². The zero-order chi connectivity index (χ0) is 16.2. The number of hydrogen-bond donors (Lipinski definition) is 2. The summed E-state index contributed by atoms with van der Waals surface area (Å²) in [5.74, 6) is -1.87. The number of alkyl halides is 3. The molecule has 0 aliphatic carbocycles. The Morgan fingerprint density at radius 3 is 2.43 bits per heavy atom. The molecule has 0 heterocycles. The third-order valence-corrected chi connectivity index (χ3v) is 2.71. The van der Waals surface area contributed by atoms with Crippen LogP contribution in [0, 0.1) is 0 Å². The van der Waals surface area contributed by atoms with Crippen LogP contribution >= 0.6 is 0 Å². The fraction of sp³-hybridized carbons (Fsp3) is 0.385. The van der Waals surface area contributed by atoms with E-state index in [-0.39, 0.29) is 12.2 Å². The fourth-order valence-corrected chi connectivity index (χ4v) is 1.78. The number of benzene rings is 1. The van der Waals surface area contributed by atoms with Crippen LogP contribution in [-0.4, -0.2) is 37.1 Å². The van der Waals surface area contributed by atoms with E-state index in [2.05, 4.69) is 5.32 Å². The number of rotatable bonds is 5. The van der Waals surface area contributed by atoms with Gasteiger partial charge in [0.05, 0.1) is 17.7 Å². The van der Waals surface area contributed by atoms with E-state index < -0.39 is 29.2 Å². The van der Waals surface area contributed by atoms with Crippen LogP contribution in [0.1, 0.15) is 22.8 Å². The van der Waals surface area contributed by atoms with Crippen molar-refractivity contribution in [1.29, 1.82) is 0 Å². The van der Waals surface area contributed by atoms with Gasteiger partial charge in [-0.3, -0.25) is 4.79 Å². The number of carboxylic acids is 1. The molecule has 0 fully saturated rings. The molecule has 0 unspecified atom stereocenters. The molecule has 0 aliphatic rings. The van der Waals surface area contributed by atoms with Crippen LogP contribution in [0.2, 0.25) is 0 Å². The maximum atomic E-state index is 13.0. The molecule has 0 atom stereocenters. The Morgan fingerprint density at radius 1 is 1.33 bits per heavy atom. The van der Waals surface area contributed by atoms with Crippen LogP contribution in [0.25, 0.3) is 0 Å². The maximum absolute atomic E-state index is 13.0. The molecule has 0 aliphatic heterocycles. The maximum Gasteiger partial charge on any atom is 0.418 e. The van der Waals surface area contributed by atoms with E-state index in [0.29, 0.717) is 12.6 Å². The lowest BCUT2D eigenvalue weighted by molar-refractivity contribution is -0.137. The molecule has 1 rings (SSSR count). The first-order valence-electron chi connectivity index (χ1n) is 6.09. The number of aromatic carboxylic acids is 1. The van der Waals surface area contributed by atoms with E-state index in [4.69, 9.17) is 5.11 Å². The lowest BCUT2D eigenvalue weighted by Gasteiger charge is -2.23. The number of carbonyl (C=O) groups excluding carboxylic acids is 1. The number of amides is 1. The van der Waals surface area contributed by atoms with E-state index in [1.165, 1.54) is 7.05 Å². The molecule has 0 spiro atoms. The smallest absolute Gasteiger partial charge is 0.418 e. The van der Waals surface area contributed by atoms with E-state index in [0.717, 1.165) is 17.0 Å². The topological polar surface area (TPSA) is 69.6 Å². The number of nitrogens with one attached hydrogen (secondary N) is 1. The van der Waals surface area contributed by atoms with Gasteiger partial charge in [-0.2, -0.15) is 13.2 Å². The minimum atomic E-state index is -4.71. The van der Waals surface area contributed by atoms with E-state index in [1.54, 1.807) is 6.92 Å². The average molecular weight is 304 g/mol. The van der Waals surface area contributed by atoms with Gasteiger partial charge in [-0.25, -0.2) is 4.79 Å². The van der Waals surface area contributed by atoms with E-state index in [1.807, 2.05) is 0 Å². The summed E-state index contributed by atoms with van der Waals surface area (Å²) < 4.78 is 39.1. The van der Waals surface area contributed by atoms with Gasteiger partial charge < -0.3 is 15.3 Å². The summed E-state index contributed by atoms with van der Waals surface area (Å²) in [6, 6.07) is 2.68. The van der Waals surface area contributed by atoms with Crippen molar-refractivity contribution in [3.63, 3.8) is 0 Å². The second-order valence-electron chi connectivity index (χ2n) is 4.34. The van der Waals surface area contributed by atoms with Crippen molar-refractivity contribution in [3.8, 4) is 0 Å². The highest BCUT2D eigenvalue weighted by Crippen LogP contribution is 2.36. The number of anilines is 1. The molecule has 0 saturated heterocycles. The Labute approximate surface area is 119 Å². The van der Waals surface area contributed by atoms with Gasteiger partial charge in [0.15, 0.2) is 0 Å². The number of halogens is 3. The van der Waals surface area contributed by atoms with Gasteiger partial charge in [-0.1, -0.05) is 0 Å². The first kappa shape index (κ1) is 16.8. The summed E-state index contributed by atoms with van der Waals surface area (Å²) in [4.78, 5) is 23.3. The molecule has 2 N–H and O–H groups in total. The SMILES string of the molecule is CCNC(=O)CN(C)c1ccc(C(=O)O)cc1C(F)(F)F. The summed E-state index contributed by atoms with van der Waals surface area (Å²) in [5, 5.41) is 11.3. The molecular weight excluding hydrogens is 289 g/mol. The van der Waals surface area contributed by atoms with Gasteiger partial charge >= 0.3 is 12.1 Å². The molecule has 21 heavy (non-hydrogen) atoms. The van der Waals surface area contributed by atoms with Gasteiger partial charge in [-0.15, -0.1) is 0 Å². The molecule has 116 valence electrons. The first-order chi connectivity index (χ1) is 9.66. The summed E-state index contributed by atoms with van der Waals surface area (Å²) in [7, 11) is 1.33. The zero-order valence-electron chi connectivity index (χ0n) is 11.5. The molecule has 1 aromatic rings. The zero-order valence-corrected chi connectivity index (χ0v) is 11.5. The molecule has 0 aromatic heterocycles. The highest BCUT2D eigenvalue weighted by Gasteiger charge is 2.35. The van der Waals surface area contributed by atoms with Crippen molar-refractivity contribution in [2.24, 2.45) is 0 Å². The fourth-order valence-electron chi connectivity index (χ4n) is 1.78. The first-order valence-corrected chi connectivity index (χ1v) is 6.09. The quantitative estimate of drug-likeness (QED) is 0.872. The van der Waals surface area contributed by atoms with Crippen LogP contribution in [0.15, 0.2) is 18.2 Å². The number of nitrogens with zero attached hydrogens (tertiary/aromatic N) is 1. The van der Waals surface area contributed by atoms with Crippen LogP contribution in [0.5, 0.6) is 0 Å². The summed E-state index contributed by atoms with van der Waals surface area (Å²) >= 11 is 0.